The first kappa shape index (κ1) is 14.1. The third-order valence-corrected chi connectivity index (χ3v) is 2.48. The summed E-state index contributed by atoms with van der Waals surface area (Å²) in [4.78, 5) is 22.9. The number of carbonyl (C=O) groups excluding carboxylic acids is 1. The van der Waals surface area contributed by atoms with E-state index in [0.29, 0.717) is 6.54 Å². The molecule has 0 saturated carbocycles. The van der Waals surface area contributed by atoms with Crippen LogP contribution in [0, 0.1) is 5.92 Å². The molecule has 0 aromatic carbocycles. The molecule has 0 aliphatic heterocycles. The molecule has 1 unspecified atom stereocenters. The Morgan fingerprint density at radius 1 is 1.50 bits per heavy atom. The molecule has 1 atom stereocenters. The highest BCUT2D eigenvalue weighted by molar-refractivity contribution is 5.86. The molecule has 6 heteroatoms. The molecule has 0 aliphatic carbocycles. The van der Waals surface area contributed by atoms with Gasteiger partial charge in [0.25, 0.3) is 0 Å². The minimum Gasteiger partial charge on any atom is -0.479 e. The molecular formula is C12H18N2O4. The number of aliphatic carboxylic acids is 1. The standard InChI is InChI=1S/C12H18N2O4/c1-8(2)7-13-11(17)14-12(3,10(15)16)9-5-4-6-18-9/h4-6,8H,7H2,1-3H3,(H,15,16)(H2,13,14,17). The van der Waals surface area contributed by atoms with Crippen LogP contribution < -0.4 is 10.6 Å². The van der Waals surface area contributed by atoms with Gasteiger partial charge in [0.2, 0.25) is 0 Å². The van der Waals surface area contributed by atoms with Crippen LogP contribution in [0.1, 0.15) is 26.5 Å². The Balaban J connectivity index is 2.76. The SMILES string of the molecule is CC(C)CNC(=O)NC(C)(C(=O)O)c1ccco1. The number of nitrogens with one attached hydrogen (secondary N) is 2. The molecule has 1 aromatic rings. The maximum atomic E-state index is 11.6. The number of carboxylic acids is 1. The lowest BCUT2D eigenvalue weighted by Gasteiger charge is -2.24. The Hall–Kier alpha value is -1.98. The Morgan fingerprint density at radius 3 is 2.61 bits per heavy atom. The van der Waals surface area contributed by atoms with Crippen LogP contribution in [-0.4, -0.2) is 23.7 Å². The van der Waals surface area contributed by atoms with E-state index in [4.69, 9.17) is 4.42 Å². The van der Waals surface area contributed by atoms with Crippen LogP contribution in [-0.2, 0) is 10.3 Å². The molecule has 0 spiro atoms. The molecule has 3 N–H and O–H groups in total. The highest BCUT2D eigenvalue weighted by atomic mass is 16.4. The van der Waals surface area contributed by atoms with E-state index in [-0.39, 0.29) is 11.7 Å². The summed E-state index contributed by atoms with van der Waals surface area (Å²) in [6.45, 7) is 5.75. The lowest BCUT2D eigenvalue weighted by atomic mass is 9.99. The number of urea groups is 1. The predicted molar refractivity (Wildman–Crippen MR) is 65.1 cm³/mol. The van der Waals surface area contributed by atoms with E-state index in [1.807, 2.05) is 13.8 Å². The van der Waals surface area contributed by atoms with Crippen molar-refractivity contribution in [1.82, 2.24) is 10.6 Å². The highest BCUT2D eigenvalue weighted by Gasteiger charge is 2.39. The molecule has 0 saturated heterocycles. The van der Waals surface area contributed by atoms with E-state index in [1.165, 1.54) is 19.3 Å². The molecule has 18 heavy (non-hydrogen) atoms. The topological polar surface area (TPSA) is 91.6 Å². The predicted octanol–water partition coefficient (Wildman–Crippen LogP) is 1.53. The van der Waals surface area contributed by atoms with Crippen molar-refractivity contribution in [3.8, 4) is 0 Å². The molecule has 0 aliphatic rings. The van der Waals surface area contributed by atoms with Gasteiger partial charge in [-0.2, -0.15) is 0 Å². The van der Waals surface area contributed by atoms with Gasteiger partial charge in [0, 0.05) is 6.54 Å². The molecule has 0 fully saturated rings. The minimum atomic E-state index is -1.58. The summed E-state index contributed by atoms with van der Waals surface area (Å²) >= 11 is 0. The molecule has 0 bridgehead atoms. The lowest BCUT2D eigenvalue weighted by Crippen LogP contribution is -2.53. The Kier molecular flexibility index (Phi) is 4.36. The molecule has 1 rings (SSSR count). The molecule has 2 amide bonds. The molecule has 6 nitrogen and oxygen atoms in total. The summed E-state index contributed by atoms with van der Waals surface area (Å²) in [6, 6.07) is 2.55. The summed E-state index contributed by atoms with van der Waals surface area (Å²) in [6.07, 6.45) is 1.37. The van der Waals surface area contributed by atoms with Crippen LogP contribution in [0.2, 0.25) is 0 Å². The Labute approximate surface area is 105 Å². The van der Waals surface area contributed by atoms with Gasteiger partial charge in [-0.25, -0.2) is 9.59 Å². The van der Waals surface area contributed by atoms with Crippen molar-refractivity contribution in [2.75, 3.05) is 6.54 Å². The molecule has 1 aromatic heterocycles. The van der Waals surface area contributed by atoms with E-state index in [9.17, 15) is 14.7 Å². The Morgan fingerprint density at radius 2 is 2.17 bits per heavy atom. The smallest absolute Gasteiger partial charge is 0.337 e. The van der Waals surface area contributed by atoms with Gasteiger partial charge in [0.05, 0.1) is 6.26 Å². The van der Waals surface area contributed by atoms with Gasteiger partial charge in [0.15, 0.2) is 5.54 Å². The van der Waals surface area contributed by atoms with Gasteiger partial charge in [-0.3, -0.25) is 0 Å². The number of rotatable bonds is 5. The first-order valence-electron chi connectivity index (χ1n) is 5.69. The third kappa shape index (κ3) is 3.26. The summed E-state index contributed by atoms with van der Waals surface area (Å²) in [5.41, 5.74) is -1.58. The van der Waals surface area contributed by atoms with Crippen molar-refractivity contribution < 1.29 is 19.1 Å². The molecule has 1 heterocycles. The second kappa shape index (κ2) is 5.57. The van der Waals surface area contributed by atoms with Gasteiger partial charge >= 0.3 is 12.0 Å². The fourth-order valence-electron chi connectivity index (χ4n) is 1.35. The first-order chi connectivity index (χ1) is 8.36. The second-order valence-corrected chi connectivity index (χ2v) is 4.64. The number of furan rings is 1. The average Bonchev–Trinajstić information content (AvgIpc) is 2.79. The maximum Gasteiger partial charge on any atom is 0.337 e. The number of hydrogen-bond acceptors (Lipinski definition) is 3. The van der Waals surface area contributed by atoms with E-state index < -0.39 is 17.5 Å². The fourth-order valence-corrected chi connectivity index (χ4v) is 1.35. The maximum absolute atomic E-state index is 11.6. The van der Waals surface area contributed by atoms with Gasteiger partial charge in [-0.1, -0.05) is 13.8 Å². The normalized spacial score (nSPS) is 14.0. The van der Waals surface area contributed by atoms with Crippen LogP contribution in [0.5, 0.6) is 0 Å². The monoisotopic (exact) mass is 254 g/mol. The third-order valence-electron chi connectivity index (χ3n) is 2.48. The average molecular weight is 254 g/mol. The molecule has 0 radical (unpaired) electrons. The van der Waals surface area contributed by atoms with Crippen molar-refractivity contribution in [2.45, 2.75) is 26.3 Å². The zero-order chi connectivity index (χ0) is 13.8. The zero-order valence-corrected chi connectivity index (χ0v) is 10.7. The highest BCUT2D eigenvalue weighted by Crippen LogP contribution is 2.21. The van der Waals surface area contributed by atoms with Crippen molar-refractivity contribution in [3.05, 3.63) is 24.2 Å². The van der Waals surface area contributed by atoms with Crippen LogP contribution in [0.15, 0.2) is 22.8 Å². The van der Waals surface area contributed by atoms with Gasteiger partial charge in [-0.05, 0) is 25.0 Å². The lowest BCUT2D eigenvalue weighted by molar-refractivity contribution is -0.144. The van der Waals surface area contributed by atoms with Crippen LogP contribution in [0.25, 0.3) is 0 Å². The second-order valence-electron chi connectivity index (χ2n) is 4.64. The summed E-state index contributed by atoms with van der Waals surface area (Å²) in [5.74, 6) is -0.720. The van der Waals surface area contributed by atoms with E-state index in [1.54, 1.807) is 6.07 Å². The van der Waals surface area contributed by atoms with Crippen molar-refractivity contribution in [3.63, 3.8) is 0 Å². The van der Waals surface area contributed by atoms with Gasteiger partial charge < -0.3 is 20.2 Å². The number of carboxylic acid groups (broad SMARTS) is 1. The fraction of sp³-hybridized carbons (Fsp3) is 0.500. The largest absolute Gasteiger partial charge is 0.479 e. The van der Waals surface area contributed by atoms with E-state index >= 15 is 0 Å². The first-order valence-corrected chi connectivity index (χ1v) is 5.69. The van der Waals surface area contributed by atoms with Gasteiger partial charge in [-0.15, -0.1) is 0 Å². The van der Waals surface area contributed by atoms with Crippen LogP contribution >= 0.6 is 0 Å². The summed E-state index contributed by atoms with van der Waals surface area (Å²) in [5, 5.41) is 14.2. The van der Waals surface area contributed by atoms with E-state index in [2.05, 4.69) is 10.6 Å². The summed E-state index contributed by atoms with van der Waals surface area (Å²) < 4.78 is 5.06. The van der Waals surface area contributed by atoms with E-state index in [0.717, 1.165) is 0 Å². The van der Waals surface area contributed by atoms with Crippen LogP contribution in [0.4, 0.5) is 4.79 Å². The molecule has 100 valence electrons. The van der Waals surface area contributed by atoms with Gasteiger partial charge in [0.1, 0.15) is 5.76 Å². The van der Waals surface area contributed by atoms with Crippen LogP contribution in [0.3, 0.4) is 0 Å². The summed E-state index contributed by atoms with van der Waals surface area (Å²) in [7, 11) is 0. The molecular weight excluding hydrogens is 236 g/mol. The van der Waals surface area contributed by atoms with Crippen molar-refractivity contribution in [1.29, 1.82) is 0 Å². The number of amides is 2. The Bertz CT molecular complexity index is 414. The minimum absolute atomic E-state index is 0.176. The van der Waals surface area contributed by atoms with Crippen molar-refractivity contribution >= 4 is 12.0 Å². The quantitative estimate of drug-likeness (QED) is 0.743. The number of hydrogen-bond donors (Lipinski definition) is 3. The van der Waals surface area contributed by atoms with Crippen molar-refractivity contribution in [2.24, 2.45) is 5.92 Å². The number of carbonyl (C=O) groups is 2. The zero-order valence-electron chi connectivity index (χ0n) is 10.7.